The minimum absolute atomic E-state index is 0.0124. The average Bonchev–Trinajstić information content (AvgIpc) is 2.81. The van der Waals surface area contributed by atoms with Crippen molar-refractivity contribution in [3.8, 4) is 5.75 Å². The summed E-state index contributed by atoms with van der Waals surface area (Å²) in [6.07, 6.45) is 1.43. The van der Waals surface area contributed by atoms with Gasteiger partial charge in [0.1, 0.15) is 23.9 Å². The van der Waals surface area contributed by atoms with E-state index in [1.54, 1.807) is 32.2 Å². The first-order chi connectivity index (χ1) is 17.3. The Labute approximate surface area is 219 Å². The number of benzene rings is 1. The lowest BCUT2D eigenvalue weighted by molar-refractivity contribution is -0.143. The zero-order chi connectivity index (χ0) is 28.1. The molecule has 12 nitrogen and oxygen atoms in total. The zero-order valence-corrected chi connectivity index (χ0v) is 21.9. The molecule has 0 saturated heterocycles. The molecule has 37 heavy (non-hydrogen) atoms. The molecule has 4 unspecified atom stereocenters. The van der Waals surface area contributed by atoms with Crippen LogP contribution in [0, 0.1) is 5.92 Å². The maximum Gasteiger partial charge on any atom is 0.326 e. The van der Waals surface area contributed by atoms with E-state index in [0.717, 1.165) is 0 Å². The van der Waals surface area contributed by atoms with Crippen molar-refractivity contribution >= 4 is 41.4 Å². The summed E-state index contributed by atoms with van der Waals surface area (Å²) in [6, 6.07) is 1.06. The summed E-state index contributed by atoms with van der Waals surface area (Å²) in [5, 5.41) is 35.3. The summed E-state index contributed by atoms with van der Waals surface area (Å²) in [7, 11) is 0. The molecule has 3 amide bonds. The van der Waals surface area contributed by atoms with Gasteiger partial charge < -0.3 is 37.0 Å². The number of phenolic OH excluding ortho intramolecular Hbond substituents is 1. The van der Waals surface area contributed by atoms with E-state index in [9.17, 15) is 39.3 Å². The maximum absolute atomic E-state index is 12.9. The van der Waals surface area contributed by atoms with Crippen LogP contribution in [0.15, 0.2) is 24.3 Å². The molecule has 1 aromatic carbocycles. The molecule has 0 bridgehead atoms. The number of nitrogens with one attached hydrogen (secondary N) is 3. The van der Waals surface area contributed by atoms with Crippen molar-refractivity contribution in [3.63, 3.8) is 0 Å². The number of hydrogen-bond donors (Lipinski definition) is 7. The fraction of sp³-hybridized carbons (Fsp3) is 0.542. The van der Waals surface area contributed by atoms with E-state index in [-0.39, 0.29) is 30.9 Å². The van der Waals surface area contributed by atoms with Gasteiger partial charge in [0.15, 0.2) is 0 Å². The number of thioether (sulfide) groups is 1. The van der Waals surface area contributed by atoms with Crippen LogP contribution < -0.4 is 21.7 Å². The predicted octanol–water partition coefficient (Wildman–Crippen LogP) is 0.0749. The highest BCUT2D eigenvalue weighted by Gasteiger charge is 2.31. The number of rotatable bonds is 16. The van der Waals surface area contributed by atoms with Crippen molar-refractivity contribution in [1.29, 1.82) is 0 Å². The van der Waals surface area contributed by atoms with E-state index in [4.69, 9.17) is 5.73 Å². The number of phenols is 1. The monoisotopic (exact) mass is 540 g/mol. The van der Waals surface area contributed by atoms with Gasteiger partial charge in [0.2, 0.25) is 17.7 Å². The SMILES string of the molecule is CSCCC(NC(=O)C(CC(=O)O)NC(=O)C(N)Cc1ccc(O)cc1)C(=O)NC(CC(C)C)C(=O)O. The Kier molecular flexibility index (Phi) is 13.5. The minimum Gasteiger partial charge on any atom is -0.508 e. The second-order valence-electron chi connectivity index (χ2n) is 9.01. The maximum atomic E-state index is 12.9. The van der Waals surface area contributed by atoms with Gasteiger partial charge in [-0.15, -0.1) is 0 Å². The number of amides is 3. The molecule has 13 heteroatoms. The van der Waals surface area contributed by atoms with Crippen molar-refractivity contribution in [3.05, 3.63) is 29.8 Å². The summed E-state index contributed by atoms with van der Waals surface area (Å²) in [4.78, 5) is 61.3. The molecule has 1 aromatic rings. The van der Waals surface area contributed by atoms with Crippen LogP contribution in [0.5, 0.6) is 5.75 Å². The second-order valence-corrected chi connectivity index (χ2v) is 9.99. The molecule has 0 aliphatic rings. The van der Waals surface area contributed by atoms with Crippen molar-refractivity contribution in [2.24, 2.45) is 11.7 Å². The number of carboxylic acids is 2. The molecule has 0 aliphatic heterocycles. The molecule has 0 fully saturated rings. The zero-order valence-electron chi connectivity index (χ0n) is 21.1. The van der Waals surface area contributed by atoms with Crippen LogP contribution in [0.1, 0.15) is 38.7 Å². The number of nitrogens with two attached hydrogens (primary N) is 1. The first-order valence-corrected chi connectivity index (χ1v) is 13.1. The normalized spacial score (nSPS) is 14.2. The number of hydrogen-bond acceptors (Lipinski definition) is 8. The lowest BCUT2D eigenvalue weighted by Gasteiger charge is -2.25. The quantitative estimate of drug-likeness (QED) is 0.150. The van der Waals surface area contributed by atoms with Crippen molar-refractivity contribution in [2.45, 2.75) is 63.7 Å². The third-order valence-corrected chi connectivity index (χ3v) is 5.95. The molecule has 0 radical (unpaired) electrons. The van der Waals surface area contributed by atoms with Gasteiger partial charge in [-0.05, 0) is 54.9 Å². The molecule has 1 rings (SSSR count). The predicted molar refractivity (Wildman–Crippen MR) is 138 cm³/mol. The smallest absolute Gasteiger partial charge is 0.326 e. The third-order valence-electron chi connectivity index (χ3n) is 5.31. The van der Waals surface area contributed by atoms with E-state index < -0.39 is 60.2 Å². The van der Waals surface area contributed by atoms with E-state index in [1.807, 2.05) is 0 Å². The highest BCUT2D eigenvalue weighted by Crippen LogP contribution is 2.11. The Hall–Kier alpha value is -3.32. The Bertz CT molecular complexity index is 941. The summed E-state index contributed by atoms with van der Waals surface area (Å²) in [5.74, 6) is -4.50. The van der Waals surface area contributed by atoms with Crippen LogP contribution in [-0.2, 0) is 30.4 Å². The van der Waals surface area contributed by atoms with Crippen molar-refractivity contribution in [2.75, 3.05) is 12.0 Å². The topological polar surface area (TPSA) is 208 Å². The van der Waals surface area contributed by atoms with Crippen molar-refractivity contribution in [1.82, 2.24) is 16.0 Å². The van der Waals surface area contributed by atoms with Crippen LogP contribution >= 0.6 is 11.8 Å². The van der Waals surface area contributed by atoms with Crippen LogP contribution in [0.3, 0.4) is 0 Å². The van der Waals surface area contributed by atoms with E-state index in [1.165, 1.54) is 23.9 Å². The number of aromatic hydroxyl groups is 1. The van der Waals surface area contributed by atoms with Gasteiger partial charge in [0.25, 0.3) is 0 Å². The van der Waals surface area contributed by atoms with E-state index in [2.05, 4.69) is 16.0 Å². The minimum atomic E-state index is -1.52. The molecule has 0 aliphatic carbocycles. The van der Waals surface area contributed by atoms with Crippen molar-refractivity contribution < 1.29 is 39.3 Å². The Morgan fingerprint density at radius 3 is 1.95 bits per heavy atom. The van der Waals surface area contributed by atoms with Gasteiger partial charge in [-0.2, -0.15) is 11.8 Å². The summed E-state index contributed by atoms with van der Waals surface area (Å²) >= 11 is 1.40. The molecule has 206 valence electrons. The Balaban J connectivity index is 2.95. The number of carbonyl (C=O) groups is 5. The van der Waals surface area contributed by atoms with E-state index >= 15 is 0 Å². The lowest BCUT2D eigenvalue weighted by atomic mass is 10.0. The largest absolute Gasteiger partial charge is 0.508 e. The second kappa shape index (κ2) is 15.7. The highest BCUT2D eigenvalue weighted by atomic mass is 32.2. The fourth-order valence-electron chi connectivity index (χ4n) is 3.38. The summed E-state index contributed by atoms with van der Waals surface area (Å²) < 4.78 is 0. The van der Waals surface area contributed by atoms with Crippen LogP contribution in [0.4, 0.5) is 0 Å². The first-order valence-electron chi connectivity index (χ1n) is 11.7. The molecule has 8 N–H and O–H groups in total. The van der Waals surface area contributed by atoms with Gasteiger partial charge >= 0.3 is 11.9 Å². The fourth-order valence-corrected chi connectivity index (χ4v) is 3.85. The molecular weight excluding hydrogens is 504 g/mol. The van der Waals surface area contributed by atoms with Crippen LogP contribution in [0.25, 0.3) is 0 Å². The standard InChI is InChI=1S/C24H36N4O8S/c1-13(2)10-19(24(35)36)28-22(33)17(8-9-37-3)26-23(34)18(12-20(30)31)27-21(32)16(25)11-14-4-6-15(29)7-5-14/h4-7,13,16-19,29H,8-12,25H2,1-3H3,(H,26,34)(H,27,32)(H,28,33)(H,30,31)(H,35,36). The van der Waals surface area contributed by atoms with Gasteiger partial charge in [-0.3, -0.25) is 19.2 Å². The Morgan fingerprint density at radius 1 is 0.892 bits per heavy atom. The molecule has 0 aromatic heterocycles. The molecule has 0 heterocycles. The van der Waals surface area contributed by atoms with Crippen LogP contribution in [0.2, 0.25) is 0 Å². The third kappa shape index (κ3) is 12.0. The molecule has 0 saturated carbocycles. The highest BCUT2D eigenvalue weighted by molar-refractivity contribution is 7.98. The summed E-state index contributed by atoms with van der Waals surface area (Å²) in [5.41, 5.74) is 6.57. The molecule has 0 spiro atoms. The number of carboxylic acid groups (broad SMARTS) is 2. The summed E-state index contributed by atoms with van der Waals surface area (Å²) in [6.45, 7) is 3.61. The van der Waals surface area contributed by atoms with Gasteiger partial charge in [-0.1, -0.05) is 26.0 Å². The first kappa shape index (κ1) is 31.7. The van der Waals surface area contributed by atoms with Gasteiger partial charge in [0.05, 0.1) is 12.5 Å². The molecular formula is C24H36N4O8S. The average molecular weight is 541 g/mol. The lowest BCUT2D eigenvalue weighted by Crippen LogP contribution is -2.57. The van der Waals surface area contributed by atoms with Gasteiger partial charge in [0, 0.05) is 0 Å². The van der Waals surface area contributed by atoms with Gasteiger partial charge in [-0.25, -0.2) is 4.79 Å². The molecule has 4 atom stereocenters. The Morgan fingerprint density at radius 2 is 1.43 bits per heavy atom. The van der Waals surface area contributed by atoms with Crippen LogP contribution in [-0.4, -0.2) is 81.2 Å². The number of carbonyl (C=O) groups excluding carboxylic acids is 3. The number of aliphatic carboxylic acids is 2. The van der Waals surface area contributed by atoms with E-state index in [0.29, 0.717) is 11.3 Å².